The molecular formula is C39H45N3O5. The topological polar surface area (TPSA) is 92.3 Å². The summed E-state index contributed by atoms with van der Waals surface area (Å²) in [6.45, 7) is 3.51. The Morgan fingerprint density at radius 3 is 2.32 bits per heavy atom. The van der Waals surface area contributed by atoms with Gasteiger partial charge in [-0.1, -0.05) is 91.0 Å². The van der Waals surface area contributed by atoms with Crippen molar-refractivity contribution < 1.29 is 24.1 Å². The maximum absolute atomic E-state index is 12.4. The van der Waals surface area contributed by atoms with Crippen molar-refractivity contribution in [3.63, 3.8) is 0 Å². The summed E-state index contributed by atoms with van der Waals surface area (Å²) >= 11 is 0. The van der Waals surface area contributed by atoms with Gasteiger partial charge in [0.25, 0.3) is 0 Å². The van der Waals surface area contributed by atoms with E-state index in [2.05, 4.69) is 58.0 Å². The van der Waals surface area contributed by atoms with E-state index in [9.17, 15) is 9.90 Å². The molecule has 246 valence electrons. The number of carbonyl (C=O) groups is 1. The summed E-state index contributed by atoms with van der Waals surface area (Å²) in [4.78, 5) is 14.9. The fourth-order valence-corrected chi connectivity index (χ4v) is 6.56. The van der Waals surface area contributed by atoms with E-state index in [1.165, 1.54) is 6.42 Å². The van der Waals surface area contributed by atoms with E-state index >= 15 is 0 Å². The van der Waals surface area contributed by atoms with Crippen LogP contribution < -0.4 is 10.6 Å². The van der Waals surface area contributed by atoms with E-state index in [0.717, 1.165) is 71.5 Å². The number of aliphatic hydroxyl groups is 1. The van der Waals surface area contributed by atoms with Crippen molar-refractivity contribution in [3.8, 4) is 11.1 Å². The third kappa shape index (κ3) is 8.86. The first kappa shape index (κ1) is 32.9. The molecule has 0 saturated carbocycles. The van der Waals surface area contributed by atoms with E-state index in [1.807, 2.05) is 60.7 Å². The Balaban J connectivity index is 1.15. The zero-order valence-corrected chi connectivity index (χ0v) is 27.0. The second-order valence-corrected chi connectivity index (χ2v) is 12.4. The fourth-order valence-electron chi connectivity index (χ4n) is 6.56. The maximum atomic E-state index is 12.4. The Kier molecular flexibility index (Phi) is 11.3. The van der Waals surface area contributed by atoms with Crippen LogP contribution in [-0.4, -0.2) is 55.0 Å². The van der Waals surface area contributed by atoms with Gasteiger partial charge in [-0.15, -0.1) is 0 Å². The number of nitrogens with zero attached hydrogens (tertiary/aromatic N) is 1. The highest BCUT2D eigenvalue weighted by atomic mass is 16.7. The lowest BCUT2D eigenvalue weighted by Gasteiger charge is -2.39. The van der Waals surface area contributed by atoms with Gasteiger partial charge in [0.1, 0.15) is 0 Å². The van der Waals surface area contributed by atoms with Crippen LogP contribution in [0.25, 0.3) is 11.1 Å². The van der Waals surface area contributed by atoms with Gasteiger partial charge >= 0.3 is 6.03 Å². The molecule has 0 aromatic heterocycles. The minimum Gasteiger partial charge on any atom is -0.392 e. The first-order valence-electron chi connectivity index (χ1n) is 16.6. The van der Waals surface area contributed by atoms with Crippen molar-refractivity contribution in [2.24, 2.45) is 0 Å². The molecule has 47 heavy (non-hydrogen) atoms. The van der Waals surface area contributed by atoms with Gasteiger partial charge in [0.05, 0.1) is 25.4 Å². The molecule has 2 amide bonds. The minimum absolute atomic E-state index is 0.0141. The number of methoxy groups -OCH3 is 1. The van der Waals surface area contributed by atoms with Crippen LogP contribution in [-0.2, 0) is 33.9 Å². The smallest absolute Gasteiger partial charge is 0.315 e. The fraction of sp³-hybridized carbons (Fsp3) is 0.359. The third-order valence-electron chi connectivity index (χ3n) is 9.08. The van der Waals surface area contributed by atoms with Gasteiger partial charge in [0.15, 0.2) is 6.29 Å². The number of rotatable bonds is 12. The van der Waals surface area contributed by atoms with Gasteiger partial charge in [0.2, 0.25) is 0 Å². The number of aliphatic hydroxyl groups excluding tert-OH is 1. The Hall–Kier alpha value is -4.05. The van der Waals surface area contributed by atoms with Crippen LogP contribution in [0, 0.1) is 0 Å². The molecule has 2 saturated heterocycles. The van der Waals surface area contributed by atoms with Gasteiger partial charge in [-0.2, -0.15) is 0 Å². The number of amides is 2. The van der Waals surface area contributed by atoms with Crippen LogP contribution in [0.4, 0.5) is 4.79 Å². The molecule has 2 aliphatic heterocycles. The summed E-state index contributed by atoms with van der Waals surface area (Å²) in [5.74, 6) is 0. The molecule has 2 aliphatic rings. The predicted octanol–water partition coefficient (Wildman–Crippen LogP) is 6.50. The molecular weight excluding hydrogens is 590 g/mol. The lowest BCUT2D eigenvalue weighted by Crippen LogP contribution is -2.42. The van der Waals surface area contributed by atoms with Crippen LogP contribution in [0.5, 0.6) is 0 Å². The molecule has 0 spiro atoms. The van der Waals surface area contributed by atoms with Crippen molar-refractivity contribution in [2.45, 2.75) is 63.5 Å². The van der Waals surface area contributed by atoms with E-state index in [1.54, 1.807) is 7.11 Å². The van der Waals surface area contributed by atoms with Crippen LogP contribution in [0.3, 0.4) is 0 Å². The molecule has 2 fully saturated rings. The first-order chi connectivity index (χ1) is 23.1. The summed E-state index contributed by atoms with van der Waals surface area (Å²) in [7, 11) is 1.77. The maximum Gasteiger partial charge on any atom is 0.315 e. The average molecular weight is 636 g/mol. The van der Waals surface area contributed by atoms with Gasteiger partial charge in [-0.05, 0) is 64.9 Å². The quantitative estimate of drug-likeness (QED) is 0.165. The Morgan fingerprint density at radius 1 is 0.830 bits per heavy atom. The molecule has 0 unspecified atom stereocenters. The molecule has 4 aromatic carbocycles. The lowest BCUT2D eigenvalue weighted by atomic mass is 9.98. The molecule has 8 heteroatoms. The largest absolute Gasteiger partial charge is 0.392 e. The highest BCUT2D eigenvalue weighted by Crippen LogP contribution is 2.39. The molecule has 0 radical (unpaired) electrons. The Bertz CT molecular complexity index is 1580. The summed E-state index contributed by atoms with van der Waals surface area (Å²) < 4.78 is 18.9. The average Bonchev–Trinajstić information content (AvgIpc) is 3.56. The molecule has 8 nitrogen and oxygen atoms in total. The monoisotopic (exact) mass is 635 g/mol. The minimum atomic E-state index is -0.530. The zero-order chi connectivity index (χ0) is 32.4. The summed E-state index contributed by atoms with van der Waals surface area (Å²) in [5.41, 5.74) is 7.10. The number of hydrogen-bond donors (Lipinski definition) is 3. The lowest BCUT2D eigenvalue weighted by molar-refractivity contribution is -0.253. The molecule has 4 aromatic rings. The predicted molar refractivity (Wildman–Crippen MR) is 182 cm³/mol. The van der Waals surface area contributed by atoms with Crippen molar-refractivity contribution in [3.05, 3.63) is 131 Å². The molecule has 0 aliphatic carbocycles. The van der Waals surface area contributed by atoms with Crippen molar-refractivity contribution in [2.75, 3.05) is 26.8 Å². The van der Waals surface area contributed by atoms with Crippen LogP contribution >= 0.6 is 0 Å². The van der Waals surface area contributed by atoms with Crippen LogP contribution in [0.2, 0.25) is 0 Å². The standard InChI is InChI=1S/C39H45N3O5/c1-45-27-35-14-7-19-42(35)25-36-22-37(31-17-15-29(26-43)16-18-31)47-38(46-36)34-13-6-12-33(21-34)32-11-5-10-30(20-32)24-41-39(44)40-23-28-8-3-2-4-9-28/h2-6,8-13,15-18,20-21,35-38,43H,7,14,19,22-27H2,1H3,(H2,40,41,44)/t35-,36-,37+,38+/m0/s1. The number of nitrogens with one attached hydrogen (secondary N) is 2. The summed E-state index contributed by atoms with van der Waals surface area (Å²) in [5, 5.41) is 15.4. The normalized spacial score (nSPS) is 21.4. The number of likely N-dealkylation sites (tertiary alicyclic amines) is 1. The molecule has 6 rings (SSSR count). The number of hydrogen-bond acceptors (Lipinski definition) is 6. The number of urea groups is 1. The summed E-state index contributed by atoms with van der Waals surface area (Å²) in [6.07, 6.45) is 2.38. The van der Waals surface area contributed by atoms with E-state index in [0.29, 0.717) is 19.1 Å². The van der Waals surface area contributed by atoms with E-state index in [-0.39, 0.29) is 24.8 Å². The number of benzene rings is 4. The second kappa shape index (κ2) is 16.2. The van der Waals surface area contributed by atoms with Gasteiger partial charge < -0.3 is 30.0 Å². The molecule has 2 heterocycles. The Morgan fingerprint density at radius 2 is 1.55 bits per heavy atom. The Labute approximate surface area is 277 Å². The van der Waals surface area contributed by atoms with Crippen molar-refractivity contribution in [1.29, 1.82) is 0 Å². The third-order valence-corrected chi connectivity index (χ3v) is 9.08. The number of ether oxygens (including phenoxy) is 3. The van der Waals surface area contributed by atoms with E-state index < -0.39 is 6.29 Å². The summed E-state index contributed by atoms with van der Waals surface area (Å²) in [6, 6.07) is 34.7. The van der Waals surface area contributed by atoms with Gasteiger partial charge in [-0.3, -0.25) is 4.90 Å². The molecule has 0 bridgehead atoms. The highest BCUT2D eigenvalue weighted by Gasteiger charge is 2.35. The molecule has 3 N–H and O–H groups in total. The van der Waals surface area contributed by atoms with Crippen molar-refractivity contribution >= 4 is 6.03 Å². The van der Waals surface area contributed by atoms with Gasteiger partial charge in [0, 0.05) is 44.8 Å². The van der Waals surface area contributed by atoms with Gasteiger partial charge in [-0.25, -0.2) is 4.79 Å². The molecule has 4 atom stereocenters. The van der Waals surface area contributed by atoms with E-state index in [4.69, 9.17) is 14.2 Å². The van der Waals surface area contributed by atoms with Crippen LogP contribution in [0.1, 0.15) is 59.5 Å². The second-order valence-electron chi connectivity index (χ2n) is 12.4. The number of carbonyl (C=O) groups excluding carboxylic acids is 1. The first-order valence-corrected chi connectivity index (χ1v) is 16.6. The SMILES string of the molecule is COC[C@@H]1CCCN1C[C@@H]1C[C@H](c2ccc(CO)cc2)O[C@H](c2cccc(-c3cccc(CNC(=O)NCc4ccccc4)c3)c2)O1. The highest BCUT2D eigenvalue weighted by molar-refractivity contribution is 5.74. The zero-order valence-electron chi connectivity index (χ0n) is 27.0. The van der Waals surface area contributed by atoms with Crippen LogP contribution in [0.15, 0.2) is 103 Å². The van der Waals surface area contributed by atoms with Crippen molar-refractivity contribution in [1.82, 2.24) is 15.5 Å².